The third-order valence-electron chi connectivity index (χ3n) is 4.20. The van der Waals surface area contributed by atoms with Crippen molar-refractivity contribution in [1.82, 2.24) is 10.4 Å². The maximum Gasteiger partial charge on any atom is 0.160 e. The van der Waals surface area contributed by atoms with Crippen LogP contribution in [0.5, 0.6) is 0 Å². The first-order valence-corrected chi connectivity index (χ1v) is 9.35. The number of nitrogens with zero attached hydrogens (tertiary/aromatic N) is 1. The zero-order chi connectivity index (χ0) is 15.8. The van der Waals surface area contributed by atoms with E-state index in [9.17, 15) is 0 Å². The van der Waals surface area contributed by atoms with E-state index in [-0.39, 0.29) is 12.3 Å². The Labute approximate surface area is 143 Å². The van der Waals surface area contributed by atoms with Crippen molar-refractivity contribution >= 4 is 37.8 Å². The molecule has 4 nitrogen and oxygen atoms in total. The van der Waals surface area contributed by atoms with E-state index in [1.165, 1.54) is 25.5 Å². The average Bonchev–Trinajstić information content (AvgIpc) is 3.22. The van der Waals surface area contributed by atoms with Gasteiger partial charge >= 0.3 is 0 Å². The summed E-state index contributed by atoms with van der Waals surface area (Å²) in [6.07, 6.45) is -0.130. The summed E-state index contributed by atoms with van der Waals surface area (Å²) in [5.41, 5.74) is 1.21. The number of benzene rings is 1. The molecule has 3 heterocycles. The fraction of sp³-hybridized carbons (Fsp3) is 0.294. The van der Waals surface area contributed by atoms with Crippen molar-refractivity contribution < 1.29 is 4.84 Å². The molecule has 0 amide bonds. The number of hydrogen-bond acceptors (Lipinski definition) is 6. The number of fused-ring (bicyclic) bond motifs is 3. The fourth-order valence-corrected chi connectivity index (χ4v) is 4.78. The van der Waals surface area contributed by atoms with Gasteiger partial charge in [-0.1, -0.05) is 24.3 Å². The molecule has 0 saturated heterocycles. The first-order valence-electron chi connectivity index (χ1n) is 7.65. The van der Waals surface area contributed by atoms with Gasteiger partial charge in [0.05, 0.1) is 17.7 Å². The third kappa shape index (κ3) is 2.77. The summed E-state index contributed by atoms with van der Waals surface area (Å²) in [4.78, 5) is 7.57. The Bertz CT molecular complexity index is 799. The van der Waals surface area contributed by atoms with Crippen LogP contribution in [0, 0.1) is 0 Å². The van der Waals surface area contributed by atoms with Crippen LogP contribution in [0.3, 0.4) is 0 Å². The van der Waals surface area contributed by atoms with Crippen LogP contribution in [0.1, 0.15) is 29.6 Å². The van der Waals surface area contributed by atoms with Gasteiger partial charge in [0, 0.05) is 27.6 Å². The van der Waals surface area contributed by atoms with E-state index in [2.05, 4.69) is 59.3 Å². The van der Waals surface area contributed by atoms with Gasteiger partial charge < -0.3 is 5.32 Å². The molecule has 0 fully saturated rings. The summed E-state index contributed by atoms with van der Waals surface area (Å²) in [5.74, 6) is 0. The van der Waals surface area contributed by atoms with Crippen LogP contribution in [0.15, 0.2) is 41.8 Å². The van der Waals surface area contributed by atoms with E-state index in [4.69, 9.17) is 4.84 Å². The van der Waals surface area contributed by atoms with Crippen molar-refractivity contribution in [2.24, 2.45) is 0 Å². The first-order chi connectivity index (χ1) is 11.2. The van der Waals surface area contributed by atoms with E-state index in [1.54, 1.807) is 22.7 Å². The minimum absolute atomic E-state index is 0.130. The maximum atomic E-state index is 6.27. The van der Waals surface area contributed by atoms with Gasteiger partial charge in [-0.15, -0.1) is 22.7 Å². The van der Waals surface area contributed by atoms with Gasteiger partial charge in [0.25, 0.3) is 0 Å². The Morgan fingerprint density at radius 3 is 2.96 bits per heavy atom. The number of hydrogen-bond donors (Lipinski definition) is 2. The second kappa shape index (κ2) is 6.22. The summed E-state index contributed by atoms with van der Waals surface area (Å²) < 4.78 is 1.29. The van der Waals surface area contributed by atoms with E-state index in [0.29, 0.717) is 6.67 Å². The normalized spacial score (nSPS) is 18.8. The smallest absolute Gasteiger partial charge is 0.160 e. The van der Waals surface area contributed by atoms with Crippen LogP contribution in [0.2, 0.25) is 0 Å². The molecular formula is C17H19N3OS2. The van der Waals surface area contributed by atoms with Crippen molar-refractivity contribution in [3.63, 3.8) is 0 Å². The predicted octanol–water partition coefficient (Wildman–Crippen LogP) is 4.56. The summed E-state index contributed by atoms with van der Waals surface area (Å²) in [6, 6.07) is 12.9. The standard InChI is InChI=1S/C17H19N3OS2/c1-11(13-8-5-9-22-13)20(2)21-16-15-12-6-3-4-7-14(12)23-17(15)19-10-18-16/h3-9,11,16,18-19H,10H2,1-2H3. The number of anilines is 1. The molecule has 2 N–H and O–H groups in total. The average molecular weight is 345 g/mol. The summed E-state index contributed by atoms with van der Waals surface area (Å²) >= 11 is 3.55. The summed E-state index contributed by atoms with van der Waals surface area (Å²) in [5, 5.41) is 13.4. The SMILES string of the molecule is CC(c1cccs1)N(C)OC1NCNc2sc3ccccc3c21. The van der Waals surface area contributed by atoms with E-state index >= 15 is 0 Å². The highest BCUT2D eigenvalue weighted by Crippen LogP contribution is 2.42. The van der Waals surface area contributed by atoms with Crippen molar-refractivity contribution in [3.05, 3.63) is 52.2 Å². The van der Waals surface area contributed by atoms with Crippen LogP contribution in [0.25, 0.3) is 10.1 Å². The Morgan fingerprint density at radius 2 is 2.13 bits per heavy atom. The van der Waals surface area contributed by atoms with Crippen molar-refractivity contribution in [2.45, 2.75) is 19.2 Å². The van der Waals surface area contributed by atoms with E-state index in [1.807, 2.05) is 12.1 Å². The van der Waals surface area contributed by atoms with Crippen molar-refractivity contribution in [3.8, 4) is 0 Å². The molecule has 120 valence electrons. The molecule has 0 bridgehead atoms. The second-order valence-electron chi connectivity index (χ2n) is 5.62. The minimum atomic E-state index is -0.130. The molecule has 23 heavy (non-hydrogen) atoms. The Balaban J connectivity index is 1.61. The topological polar surface area (TPSA) is 36.5 Å². The highest BCUT2D eigenvalue weighted by molar-refractivity contribution is 7.23. The largest absolute Gasteiger partial charge is 0.364 e. The molecular weight excluding hydrogens is 326 g/mol. The monoisotopic (exact) mass is 345 g/mol. The van der Waals surface area contributed by atoms with Crippen LogP contribution < -0.4 is 10.6 Å². The number of nitrogens with one attached hydrogen (secondary N) is 2. The molecule has 0 saturated carbocycles. The fourth-order valence-electron chi connectivity index (χ4n) is 2.84. The van der Waals surface area contributed by atoms with Crippen LogP contribution in [-0.4, -0.2) is 18.8 Å². The second-order valence-corrected chi connectivity index (χ2v) is 7.65. The molecule has 0 aliphatic carbocycles. The molecule has 2 atom stereocenters. The van der Waals surface area contributed by atoms with Gasteiger partial charge in [0.1, 0.15) is 0 Å². The molecule has 4 rings (SSSR count). The summed E-state index contributed by atoms with van der Waals surface area (Å²) in [7, 11) is 2.00. The predicted molar refractivity (Wildman–Crippen MR) is 97.8 cm³/mol. The van der Waals surface area contributed by atoms with Crippen molar-refractivity contribution in [2.75, 3.05) is 19.0 Å². The number of thiophene rings is 2. The van der Waals surface area contributed by atoms with Crippen LogP contribution in [-0.2, 0) is 4.84 Å². The lowest BCUT2D eigenvalue weighted by Gasteiger charge is -2.32. The first kappa shape index (κ1) is 15.1. The van der Waals surface area contributed by atoms with Gasteiger partial charge in [-0.3, -0.25) is 10.2 Å². The lowest BCUT2D eigenvalue weighted by Crippen LogP contribution is -2.37. The molecule has 2 aromatic heterocycles. The maximum absolute atomic E-state index is 6.27. The lowest BCUT2D eigenvalue weighted by atomic mass is 10.1. The number of rotatable bonds is 4. The van der Waals surface area contributed by atoms with Gasteiger partial charge in [-0.05, 0) is 24.4 Å². The van der Waals surface area contributed by atoms with Gasteiger partial charge in [0.2, 0.25) is 0 Å². The highest BCUT2D eigenvalue weighted by atomic mass is 32.1. The zero-order valence-electron chi connectivity index (χ0n) is 13.1. The minimum Gasteiger partial charge on any atom is -0.364 e. The zero-order valence-corrected chi connectivity index (χ0v) is 14.7. The molecule has 1 aliphatic rings. The van der Waals surface area contributed by atoms with Gasteiger partial charge in [-0.25, -0.2) is 0 Å². The Kier molecular flexibility index (Phi) is 4.09. The molecule has 3 aromatic rings. The molecule has 0 spiro atoms. The Hall–Kier alpha value is -1.44. The van der Waals surface area contributed by atoms with Crippen LogP contribution in [0.4, 0.5) is 5.00 Å². The molecule has 6 heteroatoms. The quantitative estimate of drug-likeness (QED) is 0.680. The molecule has 1 aromatic carbocycles. The van der Waals surface area contributed by atoms with E-state index in [0.717, 1.165) is 0 Å². The van der Waals surface area contributed by atoms with Crippen molar-refractivity contribution in [1.29, 1.82) is 0 Å². The molecule has 0 radical (unpaired) electrons. The lowest BCUT2D eigenvalue weighted by molar-refractivity contribution is -0.215. The molecule has 1 aliphatic heterocycles. The van der Waals surface area contributed by atoms with Crippen LogP contribution >= 0.6 is 22.7 Å². The third-order valence-corrected chi connectivity index (χ3v) is 6.39. The molecule has 2 unspecified atom stereocenters. The van der Waals surface area contributed by atoms with Gasteiger partial charge in [-0.2, -0.15) is 5.06 Å². The number of hydroxylamine groups is 2. The summed E-state index contributed by atoms with van der Waals surface area (Å²) in [6.45, 7) is 2.88. The van der Waals surface area contributed by atoms with Gasteiger partial charge in [0.15, 0.2) is 6.23 Å². The highest BCUT2D eigenvalue weighted by Gasteiger charge is 2.28. The Morgan fingerprint density at radius 1 is 1.26 bits per heavy atom. The van der Waals surface area contributed by atoms with E-state index < -0.39 is 0 Å².